The number of likely N-dealkylation sites (tertiary alicyclic amines) is 1. The normalized spacial score (nSPS) is 20.5. The van der Waals surface area contributed by atoms with Crippen molar-refractivity contribution < 1.29 is 14.2 Å². The van der Waals surface area contributed by atoms with Crippen LogP contribution >= 0.6 is 24.0 Å². The molecule has 1 unspecified atom stereocenters. The molecule has 1 aromatic carbocycles. The van der Waals surface area contributed by atoms with Crippen LogP contribution < -0.4 is 10.1 Å². The Morgan fingerprint density at radius 3 is 2.52 bits per heavy atom. The van der Waals surface area contributed by atoms with Crippen LogP contribution in [0.5, 0.6) is 5.75 Å². The fraction of sp³-hybridized carbons (Fsp3) is 0.708. The molecule has 0 saturated carbocycles. The summed E-state index contributed by atoms with van der Waals surface area (Å²) in [5.74, 6) is 1.90. The lowest BCUT2D eigenvalue weighted by Gasteiger charge is -2.35. The van der Waals surface area contributed by atoms with Gasteiger partial charge in [0.2, 0.25) is 0 Å². The number of rotatable bonds is 8. The number of nitrogens with zero attached hydrogens (tertiary/aromatic N) is 2. The van der Waals surface area contributed by atoms with Gasteiger partial charge in [0, 0.05) is 26.2 Å². The second-order valence-corrected chi connectivity index (χ2v) is 8.49. The lowest BCUT2D eigenvalue weighted by molar-refractivity contribution is -0.0721. The molecule has 2 aliphatic rings. The van der Waals surface area contributed by atoms with E-state index in [2.05, 4.69) is 29.3 Å². The molecule has 31 heavy (non-hydrogen) atoms. The minimum Gasteiger partial charge on any atom is -0.491 e. The third kappa shape index (κ3) is 9.14. The average molecular weight is 546 g/mol. The molecule has 2 aliphatic heterocycles. The van der Waals surface area contributed by atoms with Crippen molar-refractivity contribution in [2.75, 3.05) is 32.8 Å². The smallest absolute Gasteiger partial charge is 0.194 e. The zero-order chi connectivity index (χ0) is 21.2. The first-order chi connectivity index (χ1) is 14.6. The lowest BCUT2D eigenvalue weighted by atomic mass is 10.1. The fourth-order valence-corrected chi connectivity index (χ4v) is 3.95. The zero-order valence-corrected chi connectivity index (χ0v) is 21.7. The Morgan fingerprint density at radius 1 is 1.16 bits per heavy atom. The van der Waals surface area contributed by atoms with Gasteiger partial charge in [-0.25, -0.2) is 4.99 Å². The van der Waals surface area contributed by atoms with E-state index in [9.17, 15) is 0 Å². The standard InChI is InChI=1S/C24H39N3O3.HI/c1-4-25-24(26-17-20-8-10-22(11-9-20)30-19(2)3)27-14-12-21(13-15-27)29-18-23-7-5-6-16-28-23;/h8-11,19,21,23H,4-7,12-18H2,1-3H3,(H,25,26);1H. The molecule has 1 aromatic rings. The van der Waals surface area contributed by atoms with E-state index in [0.717, 1.165) is 63.8 Å². The number of hydrogen-bond donors (Lipinski definition) is 1. The van der Waals surface area contributed by atoms with Crippen LogP contribution in [-0.4, -0.2) is 62.0 Å². The van der Waals surface area contributed by atoms with E-state index in [4.69, 9.17) is 19.2 Å². The molecule has 7 heteroatoms. The Bertz CT molecular complexity index is 640. The zero-order valence-electron chi connectivity index (χ0n) is 19.3. The van der Waals surface area contributed by atoms with E-state index in [0.29, 0.717) is 18.8 Å². The first-order valence-electron chi connectivity index (χ1n) is 11.7. The van der Waals surface area contributed by atoms with Gasteiger partial charge in [0.05, 0.1) is 31.5 Å². The highest BCUT2D eigenvalue weighted by Gasteiger charge is 2.23. The molecule has 0 spiro atoms. The number of halogens is 1. The van der Waals surface area contributed by atoms with Crippen molar-refractivity contribution in [2.24, 2.45) is 4.99 Å². The number of aliphatic imine (C=N–C) groups is 1. The van der Waals surface area contributed by atoms with Crippen molar-refractivity contribution >= 4 is 29.9 Å². The molecule has 1 atom stereocenters. The Kier molecular flexibility index (Phi) is 12.0. The third-order valence-electron chi connectivity index (χ3n) is 5.57. The average Bonchev–Trinajstić information content (AvgIpc) is 2.77. The van der Waals surface area contributed by atoms with Crippen molar-refractivity contribution in [1.82, 2.24) is 10.2 Å². The predicted molar refractivity (Wildman–Crippen MR) is 137 cm³/mol. The molecule has 0 aliphatic carbocycles. The molecular formula is C24H40IN3O3. The summed E-state index contributed by atoms with van der Waals surface area (Å²) in [5.41, 5.74) is 1.19. The highest BCUT2D eigenvalue weighted by molar-refractivity contribution is 14.0. The Labute approximate surface area is 205 Å². The van der Waals surface area contributed by atoms with Crippen LogP contribution in [0.3, 0.4) is 0 Å². The van der Waals surface area contributed by atoms with Gasteiger partial charge < -0.3 is 24.4 Å². The first kappa shape index (κ1) is 26.2. The Hall–Kier alpha value is -1.06. The van der Waals surface area contributed by atoms with E-state index < -0.39 is 0 Å². The number of hydrogen-bond acceptors (Lipinski definition) is 4. The number of benzene rings is 1. The van der Waals surface area contributed by atoms with Gasteiger partial charge in [-0.2, -0.15) is 0 Å². The van der Waals surface area contributed by atoms with Crippen LogP contribution in [0.1, 0.15) is 58.4 Å². The quantitative estimate of drug-likeness (QED) is 0.294. The fourth-order valence-electron chi connectivity index (χ4n) is 3.95. The van der Waals surface area contributed by atoms with Crippen LogP contribution in [0.25, 0.3) is 0 Å². The van der Waals surface area contributed by atoms with Crippen LogP contribution in [0, 0.1) is 0 Å². The van der Waals surface area contributed by atoms with Crippen molar-refractivity contribution in [1.29, 1.82) is 0 Å². The van der Waals surface area contributed by atoms with Gasteiger partial charge in [0.15, 0.2) is 5.96 Å². The Balaban J connectivity index is 0.00000341. The van der Waals surface area contributed by atoms with Crippen LogP contribution in [0.4, 0.5) is 0 Å². The molecule has 2 saturated heterocycles. The molecular weight excluding hydrogens is 505 g/mol. The minimum atomic E-state index is 0. The summed E-state index contributed by atoms with van der Waals surface area (Å²) in [6, 6.07) is 8.24. The van der Waals surface area contributed by atoms with E-state index >= 15 is 0 Å². The highest BCUT2D eigenvalue weighted by Crippen LogP contribution is 2.18. The monoisotopic (exact) mass is 545 g/mol. The molecule has 0 radical (unpaired) electrons. The maximum atomic E-state index is 6.15. The van der Waals surface area contributed by atoms with Gasteiger partial charge in [0.25, 0.3) is 0 Å². The maximum absolute atomic E-state index is 6.15. The highest BCUT2D eigenvalue weighted by atomic mass is 127. The molecule has 3 rings (SSSR count). The van der Waals surface area contributed by atoms with Gasteiger partial charge >= 0.3 is 0 Å². The van der Waals surface area contributed by atoms with E-state index in [1.54, 1.807) is 0 Å². The summed E-state index contributed by atoms with van der Waals surface area (Å²) < 4.78 is 17.7. The maximum Gasteiger partial charge on any atom is 0.194 e. The molecule has 0 aromatic heterocycles. The number of nitrogens with one attached hydrogen (secondary N) is 1. The van der Waals surface area contributed by atoms with Crippen molar-refractivity contribution in [3.63, 3.8) is 0 Å². The van der Waals surface area contributed by atoms with Crippen molar-refractivity contribution in [2.45, 2.75) is 77.7 Å². The molecule has 2 fully saturated rings. The van der Waals surface area contributed by atoms with Gasteiger partial charge in [-0.1, -0.05) is 12.1 Å². The van der Waals surface area contributed by atoms with Gasteiger partial charge in [0.1, 0.15) is 5.75 Å². The minimum absolute atomic E-state index is 0. The Morgan fingerprint density at radius 2 is 1.90 bits per heavy atom. The summed E-state index contributed by atoms with van der Waals surface area (Å²) in [5, 5.41) is 3.45. The summed E-state index contributed by atoms with van der Waals surface area (Å²) in [4.78, 5) is 7.23. The van der Waals surface area contributed by atoms with Crippen molar-refractivity contribution in [3.8, 4) is 5.75 Å². The molecule has 2 heterocycles. The molecule has 0 amide bonds. The lowest BCUT2D eigenvalue weighted by Crippen LogP contribution is -2.47. The van der Waals surface area contributed by atoms with E-state index in [1.807, 2.05) is 26.0 Å². The SMILES string of the molecule is CCNC(=NCc1ccc(OC(C)C)cc1)N1CCC(OCC2CCCCO2)CC1.I. The molecule has 1 N–H and O–H groups in total. The number of ether oxygens (including phenoxy) is 3. The number of piperidine rings is 1. The number of guanidine groups is 1. The largest absolute Gasteiger partial charge is 0.491 e. The van der Waals surface area contributed by atoms with Crippen LogP contribution in [-0.2, 0) is 16.0 Å². The predicted octanol–water partition coefficient (Wildman–Crippen LogP) is 4.61. The van der Waals surface area contributed by atoms with Gasteiger partial charge in [-0.05, 0) is 70.6 Å². The second-order valence-electron chi connectivity index (χ2n) is 8.49. The van der Waals surface area contributed by atoms with Crippen molar-refractivity contribution in [3.05, 3.63) is 29.8 Å². The summed E-state index contributed by atoms with van der Waals surface area (Å²) in [6.45, 7) is 11.3. The molecule has 0 bridgehead atoms. The van der Waals surface area contributed by atoms with Crippen LogP contribution in [0.15, 0.2) is 29.3 Å². The summed E-state index contributed by atoms with van der Waals surface area (Å²) >= 11 is 0. The first-order valence-corrected chi connectivity index (χ1v) is 11.7. The van der Waals surface area contributed by atoms with E-state index in [1.165, 1.54) is 18.4 Å². The van der Waals surface area contributed by atoms with Gasteiger partial charge in [-0.3, -0.25) is 0 Å². The molecule has 6 nitrogen and oxygen atoms in total. The summed E-state index contributed by atoms with van der Waals surface area (Å²) in [7, 11) is 0. The van der Waals surface area contributed by atoms with Crippen LogP contribution in [0.2, 0.25) is 0 Å². The van der Waals surface area contributed by atoms with Gasteiger partial charge in [-0.15, -0.1) is 24.0 Å². The summed E-state index contributed by atoms with van der Waals surface area (Å²) in [6.07, 6.45) is 6.50. The third-order valence-corrected chi connectivity index (χ3v) is 5.57. The van der Waals surface area contributed by atoms with E-state index in [-0.39, 0.29) is 30.1 Å². The second kappa shape index (κ2) is 14.2. The molecule has 176 valence electrons. The topological polar surface area (TPSA) is 55.3 Å².